The highest BCUT2D eigenvalue weighted by molar-refractivity contribution is 5.85. The van der Waals surface area contributed by atoms with Crippen molar-refractivity contribution in [1.82, 2.24) is 0 Å². The van der Waals surface area contributed by atoms with Crippen LogP contribution in [0, 0.1) is 0 Å². The quantitative estimate of drug-likeness (QED) is 0.608. The number of esters is 1. The molecule has 0 aromatic heterocycles. The Morgan fingerprint density at radius 3 is 3.00 bits per heavy atom. The first kappa shape index (κ1) is 11.8. The number of phenols is 1. The van der Waals surface area contributed by atoms with Crippen LogP contribution < -0.4 is 5.32 Å². The summed E-state index contributed by atoms with van der Waals surface area (Å²) in [5, 5.41) is 12.7. The van der Waals surface area contributed by atoms with Gasteiger partial charge in [0.15, 0.2) is 0 Å². The predicted octanol–water partition coefficient (Wildman–Crippen LogP) is 2.07. The lowest BCUT2D eigenvalue weighted by Crippen LogP contribution is -2.49. The number of aryl methyl sites for hydroxylation is 1. The molecular formula is C13H17NO3. The van der Waals surface area contributed by atoms with E-state index < -0.39 is 5.54 Å². The maximum absolute atomic E-state index is 11.9. The molecule has 0 bridgehead atoms. The van der Waals surface area contributed by atoms with Crippen LogP contribution >= 0.6 is 0 Å². The molecule has 0 amide bonds. The summed E-state index contributed by atoms with van der Waals surface area (Å²) in [6.07, 6.45) is 2.13. The average Bonchev–Trinajstić information content (AvgIpc) is 2.37. The van der Waals surface area contributed by atoms with E-state index in [4.69, 9.17) is 4.74 Å². The Labute approximate surface area is 101 Å². The molecule has 0 fully saturated rings. The number of carbonyl (C=O) groups is 1. The molecule has 1 heterocycles. The van der Waals surface area contributed by atoms with Gasteiger partial charge < -0.3 is 15.2 Å². The van der Waals surface area contributed by atoms with E-state index in [2.05, 4.69) is 5.32 Å². The van der Waals surface area contributed by atoms with Gasteiger partial charge in [-0.05, 0) is 43.0 Å². The Balaban J connectivity index is 2.33. The van der Waals surface area contributed by atoms with Gasteiger partial charge in [-0.25, -0.2) is 4.79 Å². The minimum atomic E-state index is -0.626. The molecule has 0 saturated carbocycles. The fraction of sp³-hybridized carbons (Fsp3) is 0.462. The first-order valence-corrected chi connectivity index (χ1v) is 5.80. The van der Waals surface area contributed by atoms with E-state index in [0.717, 1.165) is 17.7 Å². The van der Waals surface area contributed by atoms with Crippen molar-refractivity contribution in [2.45, 2.75) is 31.7 Å². The van der Waals surface area contributed by atoms with Gasteiger partial charge in [0.25, 0.3) is 0 Å². The number of fused-ring (bicyclic) bond motifs is 1. The van der Waals surface area contributed by atoms with Crippen molar-refractivity contribution in [3.63, 3.8) is 0 Å². The molecule has 1 aliphatic rings. The third-order valence-electron chi connectivity index (χ3n) is 3.46. The zero-order valence-electron chi connectivity index (χ0n) is 10.1. The van der Waals surface area contributed by atoms with Gasteiger partial charge in [0.05, 0.1) is 7.11 Å². The number of aromatic hydroxyl groups is 1. The van der Waals surface area contributed by atoms with Gasteiger partial charge in [-0.15, -0.1) is 0 Å². The summed E-state index contributed by atoms with van der Waals surface area (Å²) in [7, 11) is 1.41. The summed E-state index contributed by atoms with van der Waals surface area (Å²) in [4.78, 5) is 11.9. The zero-order chi connectivity index (χ0) is 12.5. The molecule has 17 heavy (non-hydrogen) atoms. The number of nitrogens with one attached hydrogen (secondary N) is 1. The SMILES string of the molecule is CCC1(C(=O)OC)CCc2cc(O)ccc2N1. The van der Waals surface area contributed by atoms with Gasteiger partial charge in [0, 0.05) is 5.69 Å². The number of ether oxygens (including phenoxy) is 1. The van der Waals surface area contributed by atoms with Crippen LogP contribution in [-0.4, -0.2) is 23.7 Å². The molecule has 1 aromatic rings. The molecule has 1 atom stereocenters. The number of phenolic OH excluding ortho intramolecular Hbond substituents is 1. The second-order valence-corrected chi connectivity index (χ2v) is 4.39. The van der Waals surface area contributed by atoms with E-state index in [0.29, 0.717) is 12.8 Å². The molecule has 4 nitrogen and oxygen atoms in total. The fourth-order valence-corrected chi connectivity index (χ4v) is 2.34. The highest BCUT2D eigenvalue weighted by Crippen LogP contribution is 2.35. The lowest BCUT2D eigenvalue weighted by molar-refractivity contribution is -0.146. The first-order valence-electron chi connectivity index (χ1n) is 5.80. The molecule has 2 rings (SSSR count). The van der Waals surface area contributed by atoms with Crippen LogP contribution in [0.2, 0.25) is 0 Å². The standard InChI is InChI=1S/C13H17NO3/c1-3-13(12(16)17-2)7-6-9-8-10(15)4-5-11(9)14-13/h4-5,8,14-15H,3,6-7H2,1-2H3. The predicted molar refractivity (Wildman–Crippen MR) is 65.1 cm³/mol. The number of hydrogen-bond acceptors (Lipinski definition) is 4. The van der Waals surface area contributed by atoms with Crippen LogP contribution in [0.5, 0.6) is 5.75 Å². The van der Waals surface area contributed by atoms with E-state index in [1.165, 1.54) is 7.11 Å². The van der Waals surface area contributed by atoms with Gasteiger partial charge in [-0.3, -0.25) is 0 Å². The molecule has 0 saturated heterocycles. The maximum Gasteiger partial charge on any atom is 0.331 e. The lowest BCUT2D eigenvalue weighted by Gasteiger charge is -2.36. The van der Waals surface area contributed by atoms with Crippen LogP contribution in [0.3, 0.4) is 0 Å². The topological polar surface area (TPSA) is 58.6 Å². The number of benzene rings is 1. The van der Waals surface area contributed by atoms with Crippen LogP contribution in [-0.2, 0) is 16.0 Å². The highest BCUT2D eigenvalue weighted by Gasteiger charge is 2.40. The monoisotopic (exact) mass is 235 g/mol. The molecular weight excluding hydrogens is 218 g/mol. The lowest BCUT2D eigenvalue weighted by atomic mass is 9.84. The molecule has 2 N–H and O–H groups in total. The smallest absolute Gasteiger partial charge is 0.331 e. The normalized spacial score (nSPS) is 22.5. The van der Waals surface area contributed by atoms with Crippen LogP contribution in [0.1, 0.15) is 25.3 Å². The Hall–Kier alpha value is -1.71. The van der Waals surface area contributed by atoms with Gasteiger partial charge in [-0.1, -0.05) is 6.92 Å². The van der Waals surface area contributed by atoms with Crippen molar-refractivity contribution in [1.29, 1.82) is 0 Å². The Kier molecular flexibility index (Phi) is 2.96. The van der Waals surface area contributed by atoms with Gasteiger partial charge in [0.1, 0.15) is 11.3 Å². The van der Waals surface area contributed by atoms with E-state index in [1.807, 2.05) is 6.92 Å². The highest BCUT2D eigenvalue weighted by atomic mass is 16.5. The van der Waals surface area contributed by atoms with E-state index in [9.17, 15) is 9.90 Å². The van der Waals surface area contributed by atoms with Crippen LogP contribution in [0.25, 0.3) is 0 Å². The van der Waals surface area contributed by atoms with Crippen LogP contribution in [0.15, 0.2) is 18.2 Å². The van der Waals surface area contributed by atoms with Gasteiger partial charge in [0.2, 0.25) is 0 Å². The Morgan fingerprint density at radius 2 is 2.35 bits per heavy atom. The second-order valence-electron chi connectivity index (χ2n) is 4.39. The summed E-state index contributed by atoms with van der Waals surface area (Å²) in [5.41, 5.74) is 1.32. The number of carbonyl (C=O) groups excluding carboxylic acids is 1. The zero-order valence-corrected chi connectivity index (χ0v) is 10.1. The molecule has 92 valence electrons. The number of rotatable bonds is 2. The summed E-state index contributed by atoms with van der Waals surface area (Å²) >= 11 is 0. The number of hydrogen-bond donors (Lipinski definition) is 2. The third-order valence-corrected chi connectivity index (χ3v) is 3.46. The molecule has 0 radical (unpaired) electrons. The van der Waals surface area contributed by atoms with Gasteiger partial charge >= 0.3 is 5.97 Å². The molecule has 1 unspecified atom stereocenters. The summed E-state index contributed by atoms with van der Waals surface area (Å²) < 4.78 is 4.87. The molecule has 4 heteroatoms. The third kappa shape index (κ3) is 1.95. The molecule has 1 aromatic carbocycles. The largest absolute Gasteiger partial charge is 0.508 e. The molecule has 0 spiro atoms. The Bertz CT molecular complexity index is 444. The Morgan fingerprint density at radius 1 is 1.59 bits per heavy atom. The molecule has 1 aliphatic heterocycles. The molecule has 0 aliphatic carbocycles. The van der Waals surface area contributed by atoms with Crippen molar-refractivity contribution in [3.05, 3.63) is 23.8 Å². The summed E-state index contributed by atoms with van der Waals surface area (Å²) in [6.45, 7) is 1.97. The van der Waals surface area contributed by atoms with Crippen molar-refractivity contribution in [2.24, 2.45) is 0 Å². The van der Waals surface area contributed by atoms with E-state index in [1.54, 1.807) is 18.2 Å². The van der Waals surface area contributed by atoms with Crippen molar-refractivity contribution < 1.29 is 14.6 Å². The first-order chi connectivity index (χ1) is 8.11. The van der Waals surface area contributed by atoms with Crippen LogP contribution in [0.4, 0.5) is 5.69 Å². The van der Waals surface area contributed by atoms with Crippen molar-refractivity contribution in [2.75, 3.05) is 12.4 Å². The fourth-order valence-electron chi connectivity index (χ4n) is 2.34. The van der Waals surface area contributed by atoms with Crippen molar-refractivity contribution >= 4 is 11.7 Å². The van der Waals surface area contributed by atoms with E-state index >= 15 is 0 Å². The summed E-state index contributed by atoms with van der Waals surface area (Å²) in [5.74, 6) is 0.0336. The summed E-state index contributed by atoms with van der Waals surface area (Å²) in [6, 6.07) is 5.16. The van der Waals surface area contributed by atoms with Crippen molar-refractivity contribution in [3.8, 4) is 5.75 Å². The van der Waals surface area contributed by atoms with Gasteiger partial charge in [-0.2, -0.15) is 0 Å². The number of anilines is 1. The van der Waals surface area contributed by atoms with E-state index in [-0.39, 0.29) is 11.7 Å². The minimum Gasteiger partial charge on any atom is -0.508 e. The minimum absolute atomic E-state index is 0.223. The second kappa shape index (κ2) is 4.28. The average molecular weight is 235 g/mol. The number of methoxy groups -OCH3 is 1. The maximum atomic E-state index is 11.9.